The maximum Gasteiger partial charge on any atom is 2.00 e. The Labute approximate surface area is 509 Å². The van der Waals surface area contributed by atoms with E-state index in [2.05, 4.69) is 97.1 Å². The summed E-state index contributed by atoms with van der Waals surface area (Å²) in [5.41, 5.74) is 9.35. The summed E-state index contributed by atoms with van der Waals surface area (Å²) in [4.78, 5) is 86.9. The van der Waals surface area contributed by atoms with Crippen molar-refractivity contribution in [3.8, 4) is 46.1 Å². The van der Waals surface area contributed by atoms with Crippen LogP contribution in [0.3, 0.4) is 0 Å². The second kappa shape index (κ2) is 17.5. The molecule has 12 aromatic carbocycles. The molecule has 0 atom stereocenters. The molecule has 16 nitrogen and oxygen atoms in total. The summed E-state index contributed by atoms with van der Waals surface area (Å²) < 4.78 is 0. The first kappa shape index (κ1) is 48.2. The van der Waals surface area contributed by atoms with Crippen LogP contribution in [-0.2, 0) is 17.1 Å². The zero-order chi connectivity index (χ0) is 57.0. The van der Waals surface area contributed by atoms with E-state index >= 15 is 0 Å². The molecule has 0 N–H and O–H groups in total. The molecule has 1 radical (unpaired) electrons. The van der Waals surface area contributed by atoms with Crippen molar-refractivity contribution in [2.75, 3.05) is 0 Å². The average Bonchev–Trinajstić information content (AvgIpc) is 1.94. The standard InChI is InChI=1S/C72H32N16.Cu/c1-9-25-41-33(17-1)34-18-2-10-26-42(34)50-49(41)73-57-58(74-50)66-81-65(57)85-67-59-60(76-52-44-28-12-4-20-36(44)35-19-3-11-27-43(35)51(52)75-59)69(82-67)87-71-63-64(80-56-48-32-16-8-24-40(48)39-23-7-15-31-47(39)55(56)79-63)72(84-71)88-70-62-61(68(83-70)86-66)77-53-45-29-13-5-21-37(45)38-22-6-14-30-46(38)54(53)78-62;/h1-32H;/q-2;+2. The van der Waals surface area contributed by atoms with Crippen molar-refractivity contribution in [1.29, 1.82) is 0 Å². The molecule has 0 amide bonds. The number of rotatable bonds is 0. The van der Waals surface area contributed by atoms with Crippen molar-refractivity contribution in [2.45, 2.75) is 0 Å². The van der Waals surface area contributed by atoms with E-state index in [1.807, 2.05) is 97.1 Å². The molecule has 0 spiro atoms. The summed E-state index contributed by atoms with van der Waals surface area (Å²) in [6, 6.07) is 66.0. The van der Waals surface area contributed by atoms with Crippen LogP contribution < -0.4 is 9.97 Å². The van der Waals surface area contributed by atoms with Gasteiger partial charge in [0.1, 0.15) is 68.1 Å². The first-order valence-electron chi connectivity index (χ1n) is 28.8. The quantitative estimate of drug-likeness (QED) is 0.102. The summed E-state index contributed by atoms with van der Waals surface area (Å²) in [6.07, 6.45) is 0. The van der Waals surface area contributed by atoms with E-state index in [0.717, 1.165) is 86.2 Å². The molecule has 7 aromatic heterocycles. The van der Waals surface area contributed by atoms with Gasteiger partial charge in [0.2, 0.25) is 0 Å². The summed E-state index contributed by atoms with van der Waals surface area (Å²) in [5, 5.41) is 15.7. The Morgan fingerprint density at radius 2 is 0.315 bits per heavy atom. The van der Waals surface area contributed by atoms with Gasteiger partial charge in [-0.2, -0.15) is 0 Å². The molecule has 0 fully saturated rings. The van der Waals surface area contributed by atoms with Crippen LogP contribution in [0.5, 0.6) is 0 Å². The molecule has 2 aliphatic heterocycles. The molecule has 0 saturated carbocycles. The predicted molar refractivity (Wildman–Crippen MR) is 346 cm³/mol. The van der Waals surface area contributed by atoms with Gasteiger partial charge in [0.15, 0.2) is 0 Å². The fraction of sp³-hybridized carbons (Fsp3) is 0. The molecular formula is C72H32CuN16. The second-order valence-electron chi connectivity index (χ2n) is 22.3. The molecule has 0 aliphatic carbocycles. The summed E-state index contributed by atoms with van der Waals surface area (Å²) in [5.74, 6) is 0.811. The molecule has 411 valence electrons. The normalized spacial score (nSPS) is 12.4. The van der Waals surface area contributed by atoms with E-state index in [1.165, 1.54) is 0 Å². The van der Waals surface area contributed by atoms with E-state index in [4.69, 9.17) is 79.7 Å². The zero-order valence-electron chi connectivity index (χ0n) is 45.9. The minimum Gasteiger partial charge on any atom is -0.354 e. The van der Waals surface area contributed by atoms with E-state index in [1.54, 1.807) is 0 Å². The first-order valence-corrected chi connectivity index (χ1v) is 28.8. The molecule has 8 bridgehead atoms. The van der Waals surface area contributed by atoms with Crippen LogP contribution in [0.25, 0.3) is 221 Å². The Hall–Kier alpha value is -12.0. The number of aromatic nitrogens is 16. The maximum absolute atomic E-state index is 5.51. The Balaban J connectivity index is 0.00000555. The minimum absolute atomic E-state index is 0. The van der Waals surface area contributed by atoms with Crippen molar-refractivity contribution < 1.29 is 17.1 Å². The van der Waals surface area contributed by atoms with Crippen LogP contribution in [0.4, 0.5) is 0 Å². The van der Waals surface area contributed by atoms with Gasteiger partial charge >= 0.3 is 17.1 Å². The van der Waals surface area contributed by atoms with Gasteiger partial charge in [0, 0.05) is 65.7 Å². The minimum atomic E-state index is 0. The molecule has 19 aromatic rings. The number of hydrogen-bond acceptors (Lipinski definition) is 14. The fourth-order valence-corrected chi connectivity index (χ4v) is 13.7. The van der Waals surface area contributed by atoms with Crippen molar-refractivity contribution >= 4 is 175 Å². The monoisotopic (exact) mass is 1180 g/mol. The maximum atomic E-state index is 5.51. The molecule has 2 aliphatic rings. The van der Waals surface area contributed by atoms with Gasteiger partial charge in [-0.05, 0) is 43.1 Å². The Kier molecular flexibility index (Phi) is 9.51. The van der Waals surface area contributed by atoms with Gasteiger partial charge in [-0.15, -0.1) is 0 Å². The van der Waals surface area contributed by atoms with Crippen LogP contribution in [0.2, 0.25) is 0 Å². The van der Waals surface area contributed by atoms with Crippen LogP contribution >= 0.6 is 0 Å². The largest absolute Gasteiger partial charge is 2.00 e. The van der Waals surface area contributed by atoms with Crippen molar-refractivity contribution in [3.05, 3.63) is 194 Å². The number of benzene rings is 12. The smallest absolute Gasteiger partial charge is 0.354 e. The van der Waals surface area contributed by atoms with E-state index in [0.29, 0.717) is 89.0 Å². The summed E-state index contributed by atoms with van der Waals surface area (Å²) in [6.45, 7) is 0. The van der Waals surface area contributed by atoms with Crippen LogP contribution in [0.15, 0.2) is 194 Å². The van der Waals surface area contributed by atoms with Crippen molar-refractivity contribution in [3.63, 3.8) is 0 Å². The average molecular weight is 1180 g/mol. The van der Waals surface area contributed by atoms with Gasteiger partial charge in [-0.25, -0.2) is 49.8 Å². The third-order valence-electron chi connectivity index (χ3n) is 17.6. The SMILES string of the molecule is [Cu+2].c1ccc2c(c1)c1ccccc1c1nc3c(nc21)-c1nc-3nc2[n-]c(nc3nc(nc4[n-]c(n1)c1nc5c6ccccc6c6ccccc6c5nc41)-c1nc4c5ccccc5c5ccccc5c4nc1-3)c1nc3c4ccccc4c4ccccc4c3nc21. The van der Waals surface area contributed by atoms with Gasteiger partial charge in [0.25, 0.3) is 0 Å². The van der Waals surface area contributed by atoms with Crippen LogP contribution in [0.1, 0.15) is 0 Å². The predicted octanol–water partition coefficient (Wildman–Crippen LogP) is 15.1. The molecule has 0 unspecified atom stereocenters. The van der Waals surface area contributed by atoms with Gasteiger partial charge in [0.05, 0.1) is 44.1 Å². The Morgan fingerprint density at radius 1 is 0.157 bits per heavy atom. The Morgan fingerprint density at radius 3 is 0.494 bits per heavy atom. The molecule has 21 rings (SSSR count). The zero-order valence-corrected chi connectivity index (χ0v) is 46.9. The van der Waals surface area contributed by atoms with Gasteiger partial charge in [-0.1, -0.05) is 194 Å². The number of hydrogen-bond donors (Lipinski definition) is 0. The topological polar surface area (TPSA) is 209 Å². The molecule has 17 heteroatoms. The fourth-order valence-electron chi connectivity index (χ4n) is 13.7. The third-order valence-corrected chi connectivity index (χ3v) is 17.6. The second-order valence-corrected chi connectivity index (χ2v) is 22.3. The van der Waals surface area contributed by atoms with E-state index in [9.17, 15) is 0 Å². The molecule has 89 heavy (non-hydrogen) atoms. The summed E-state index contributed by atoms with van der Waals surface area (Å²) >= 11 is 0. The molecular weight excluding hydrogens is 1150 g/mol. The first-order chi connectivity index (χ1) is 43.6. The van der Waals surface area contributed by atoms with Gasteiger partial charge in [-0.3, -0.25) is 0 Å². The van der Waals surface area contributed by atoms with Gasteiger partial charge < -0.3 is 29.9 Å². The van der Waals surface area contributed by atoms with E-state index < -0.39 is 0 Å². The van der Waals surface area contributed by atoms with Crippen LogP contribution in [0, 0.1) is 0 Å². The Bertz CT molecular complexity index is 5930. The molecule has 0 saturated heterocycles. The summed E-state index contributed by atoms with van der Waals surface area (Å²) in [7, 11) is 0. The number of nitrogens with zero attached hydrogens (tertiary/aromatic N) is 16. The molecule has 9 heterocycles. The van der Waals surface area contributed by atoms with Crippen molar-refractivity contribution in [2.24, 2.45) is 0 Å². The van der Waals surface area contributed by atoms with E-state index in [-0.39, 0.29) is 63.0 Å². The third kappa shape index (κ3) is 6.54. The van der Waals surface area contributed by atoms with Crippen LogP contribution in [-0.4, -0.2) is 69.8 Å². The van der Waals surface area contributed by atoms with Crippen molar-refractivity contribution in [1.82, 2.24) is 79.7 Å². The number of fused-ring (bicyclic) bond motifs is 44.